The summed E-state index contributed by atoms with van der Waals surface area (Å²) < 4.78 is 1.84. The summed E-state index contributed by atoms with van der Waals surface area (Å²) in [6.07, 6.45) is 3.77. The van der Waals surface area contributed by atoms with E-state index in [0.717, 1.165) is 17.8 Å². The predicted molar refractivity (Wildman–Crippen MR) is 45.1 cm³/mol. The van der Waals surface area contributed by atoms with Crippen LogP contribution in [-0.4, -0.2) is 9.78 Å². The highest BCUT2D eigenvalue weighted by molar-refractivity contribution is 5.14. The van der Waals surface area contributed by atoms with Crippen molar-refractivity contribution in [3.8, 4) is 0 Å². The highest BCUT2D eigenvalue weighted by atomic mass is 15.3. The second-order valence-corrected chi connectivity index (χ2v) is 2.45. The van der Waals surface area contributed by atoms with Crippen molar-refractivity contribution in [3.05, 3.63) is 30.1 Å². The Morgan fingerprint density at radius 3 is 3.00 bits per heavy atom. The molecule has 1 aromatic heterocycles. The molecule has 1 rings (SSSR count). The quantitative estimate of drug-likeness (QED) is 0.650. The fourth-order valence-corrected chi connectivity index (χ4v) is 0.985. The molecule has 0 aliphatic rings. The van der Waals surface area contributed by atoms with E-state index in [2.05, 4.69) is 11.7 Å². The molecule has 2 N–H and O–H groups in total. The van der Waals surface area contributed by atoms with Crippen LogP contribution in [0.5, 0.6) is 0 Å². The van der Waals surface area contributed by atoms with Crippen LogP contribution in [0, 0.1) is 6.92 Å². The minimum atomic E-state index is 0.559. The molecule has 0 bridgehead atoms. The Hall–Kier alpha value is -1.09. The van der Waals surface area contributed by atoms with Crippen molar-refractivity contribution in [2.45, 2.75) is 20.0 Å². The monoisotopic (exact) mass is 151 g/mol. The molecule has 0 radical (unpaired) electrons. The molecule has 3 nitrogen and oxygen atoms in total. The third kappa shape index (κ3) is 1.68. The first-order valence-corrected chi connectivity index (χ1v) is 3.62. The number of nitrogens with two attached hydrogens (primary N) is 1. The van der Waals surface area contributed by atoms with Gasteiger partial charge in [-0.1, -0.05) is 6.08 Å². The molecular formula is C8H13N3. The van der Waals surface area contributed by atoms with E-state index >= 15 is 0 Å². The van der Waals surface area contributed by atoms with Gasteiger partial charge in [0, 0.05) is 18.3 Å². The van der Waals surface area contributed by atoms with Gasteiger partial charge in [0.05, 0.1) is 12.2 Å². The zero-order chi connectivity index (χ0) is 8.27. The molecule has 0 unspecified atom stereocenters. The van der Waals surface area contributed by atoms with Crippen molar-refractivity contribution in [2.24, 2.45) is 5.73 Å². The Kier molecular flexibility index (Phi) is 2.44. The molecule has 1 aromatic rings. The van der Waals surface area contributed by atoms with Crippen LogP contribution in [0.15, 0.2) is 18.9 Å². The van der Waals surface area contributed by atoms with Gasteiger partial charge in [0.2, 0.25) is 0 Å². The number of hydrogen-bond donors (Lipinski definition) is 1. The summed E-state index contributed by atoms with van der Waals surface area (Å²) in [6.45, 7) is 6.90. The maximum absolute atomic E-state index is 5.48. The number of hydrogen-bond acceptors (Lipinski definition) is 2. The average molecular weight is 151 g/mol. The summed E-state index contributed by atoms with van der Waals surface area (Å²) in [5, 5.41) is 4.24. The van der Waals surface area contributed by atoms with Crippen molar-refractivity contribution >= 4 is 0 Å². The molecule has 0 amide bonds. The number of aryl methyl sites for hydroxylation is 1. The van der Waals surface area contributed by atoms with Crippen molar-refractivity contribution < 1.29 is 0 Å². The fourth-order valence-electron chi connectivity index (χ4n) is 0.985. The molecule has 0 fully saturated rings. The van der Waals surface area contributed by atoms with E-state index in [0.29, 0.717) is 6.54 Å². The molecular weight excluding hydrogens is 138 g/mol. The summed E-state index contributed by atoms with van der Waals surface area (Å²) in [5.41, 5.74) is 7.59. The third-order valence-corrected chi connectivity index (χ3v) is 1.58. The summed E-state index contributed by atoms with van der Waals surface area (Å²) in [6, 6.07) is 0. The molecule has 60 valence electrons. The van der Waals surface area contributed by atoms with Gasteiger partial charge in [-0.2, -0.15) is 5.10 Å². The molecule has 3 heteroatoms. The fraction of sp³-hybridized carbons (Fsp3) is 0.375. The Balaban J connectivity index is 2.85. The lowest BCUT2D eigenvalue weighted by atomic mass is 10.3. The molecule has 0 atom stereocenters. The molecule has 0 saturated carbocycles. The van der Waals surface area contributed by atoms with Crippen LogP contribution in [0.2, 0.25) is 0 Å². The van der Waals surface area contributed by atoms with Crippen LogP contribution in [0.3, 0.4) is 0 Å². The molecule has 0 saturated heterocycles. The minimum Gasteiger partial charge on any atom is -0.326 e. The summed E-state index contributed by atoms with van der Waals surface area (Å²) >= 11 is 0. The van der Waals surface area contributed by atoms with Crippen molar-refractivity contribution in [1.82, 2.24) is 9.78 Å². The highest BCUT2D eigenvalue weighted by Gasteiger charge is 2.00. The second kappa shape index (κ2) is 3.34. The van der Waals surface area contributed by atoms with Crippen molar-refractivity contribution in [2.75, 3.05) is 0 Å². The minimum absolute atomic E-state index is 0.559. The molecule has 0 aromatic carbocycles. The van der Waals surface area contributed by atoms with Gasteiger partial charge in [-0.3, -0.25) is 4.68 Å². The third-order valence-electron chi connectivity index (χ3n) is 1.58. The molecule has 11 heavy (non-hydrogen) atoms. The van der Waals surface area contributed by atoms with E-state index in [9.17, 15) is 0 Å². The van der Waals surface area contributed by atoms with Gasteiger partial charge in [0.1, 0.15) is 0 Å². The molecule has 0 spiro atoms. The van der Waals surface area contributed by atoms with Gasteiger partial charge in [-0.05, 0) is 6.92 Å². The summed E-state index contributed by atoms with van der Waals surface area (Å²) in [5.74, 6) is 0. The zero-order valence-corrected chi connectivity index (χ0v) is 6.75. The Morgan fingerprint density at radius 2 is 2.55 bits per heavy atom. The predicted octanol–water partition coefficient (Wildman–Crippen LogP) is 0.836. The first-order chi connectivity index (χ1) is 5.27. The number of nitrogens with zero attached hydrogens (tertiary/aromatic N) is 2. The van der Waals surface area contributed by atoms with Crippen LogP contribution >= 0.6 is 0 Å². The lowest BCUT2D eigenvalue weighted by Gasteiger charge is -1.91. The van der Waals surface area contributed by atoms with Crippen LogP contribution < -0.4 is 5.73 Å². The normalized spacial score (nSPS) is 10.0. The number of rotatable bonds is 3. The summed E-state index contributed by atoms with van der Waals surface area (Å²) in [7, 11) is 0. The van der Waals surface area contributed by atoms with Gasteiger partial charge < -0.3 is 5.73 Å². The highest BCUT2D eigenvalue weighted by Crippen LogP contribution is 2.03. The zero-order valence-electron chi connectivity index (χ0n) is 6.75. The number of allylic oxidation sites excluding steroid dienone is 1. The second-order valence-electron chi connectivity index (χ2n) is 2.45. The van der Waals surface area contributed by atoms with Crippen LogP contribution in [-0.2, 0) is 13.1 Å². The topological polar surface area (TPSA) is 43.8 Å². The van der Waals surface area contributed by atoms with Crippen LogP contribution in [0.1, 0.15) is 11.3 Å². The van der Waals surface area contributed by atoms with Gasteiger partial charge >= 0.3 is 0 Å². The lowest BCUT2D eigenvalue weighted by Crippen LogP contribution is -1.96. The smallest absolute Gasteiger partial charge is 0.0638 e. The van der Waals surface area contributed by atoms with Gasteiger partial charge in [-0.25, -0.2) is 0 Å². The average Bonchev–Trinajstić information content (AvgIpc) is 2.32. The summed E-state index contributed by atoms with van der Waals surface area (Å²) in [4.78, 5) is 0. The van der Waals surface area contributed by atoms with E-state index in [1.54, 1.807) is 0 Å². The Bertz CT molecular complexity index is 250. The van der Waals surface area contributed by atoms with Crippen molar-refractivity contribution in [3.63, 3.8) is 0 Å². The maximum Gasteiger partial charge on any atom is 0.0638 e. The largest absolute Gasteiger partial charge is 0.326 e. The first kappa shape index (κ1) is 8.01. The molecule has 0 aliphatic heterocycles. The van der Waals surface area contributed by atoms with Gasteiger partial charge in [0.15, 0.2) is 0 Å². The van der Waals surface area contributed by atoms with Crippen molar-refractivity contribution in [1.29, 1.82) is 0 Å². The van der Waals surface area contributed by atoms with Crippen LogP contribution in [0.4, 0.5) is 0 Å². The van der Waals surface area contributed by atoms with E-state index in [1.807, 2.05) is 23.9 Å². The van der Waals surface area contributed by atoms with Gasteiger partial charge in [-0.15, -0.1) is 6.58 Å². The molecule has 0 aliphatic carbocycles. The number of aromatic nitrogens is 2. The van der Waals surface area contributed by atoms with E-state index in [1.165, 1.54) is 0 Å². The lowest BCUT2D eigenvalue weighted by molar-refractivity contribution is 0.694. The van der Waals surface area contributed by atoms with E-state index in [4.69, 9.17) is 5.73 Å². The maximum atomic E-state index is 5.48. The van der Waals surface area contributed by atoms with Crippen LogP contribution in [0.25, 0.3) is 0 Å². The van der Waals surface area contributed by atoms with E-state index in [-0.39, 0.29) is 0 Å². The Labute approximate surface area is 66.5 Å². The van der Waals surface area contributed by atoms with E-state index < -0.39 is 0 Å². The Morgan fingerprint density at radius 1 is 1.82 bits per heavy atom. The molecule has 1 heterocycles. The standard InChI is InChI=1S/C8H13N3/c1-3-4-11-6-8(5-9)7(2)10-11/h3,6H,1,4-5,9H2,2H3. The first-order valence-electron chi connectivity index (χ1n) is 3.62. The van der Waals surface area contributed by atoms with Gasteiger partial charge in [0.25, 0.3) is 0 Å². The SMILES string of the molecule is C=CCn1cc(CN)c(C)n1.